The third-order valence-corrected chi connectivity index (χ3v) is 6.82. The second-order valence-electron chi connectivity index (χ2n) is 9.13. The fraction of sp³-hybridized carbons (Fsp3) is 0.400. The highest BCUT2D eigenvalue weighted by Gasteiger charge is 2.22. The Morgan fingerprint density at radius 3 is 2.37 bits per heavy atom. The lowest BCUT2D eigenvalue weighted by atomic mass is 9.97. The zero-order valence-corrected chi connectivity index (χ0v) is 21.5. The smallest absolute Gasteiger partial charge is 0.163 e. The monoisotopic (exact) mass is 474 g/mol. The highest BCUT2D eigenvalue weighted by molar-refractivity contribution is 5.70. The molecule has 0 radical (unpaired) electrons. The highest BCUT2D eigenvalue weighted by atomic mass is 16.5. The first kappa shape index (κ1) is 24.9. The largest absolute Gasteiger partial charge is 0.497 e. The van der Waals surface area contributed by atoms with Crippen LogP contribution in [-0.4, -0.2) is 40.5 Å². The Morgan fingerprint density at radius 1 is 0.857 bits per heavy atom. The number of nitrogens with one attached hydrogen (secondary N) is 1. The maximum Gasteiger partial charge on any atom is 0.163 e. The Kier molecular flexibility index (Phi) is 8.54. The summed E-state index contributed by atoms with van der Waals surface area (Å²) in [6.07, 6.45) is 4.26. The minimum absolute atomic E-state index is 0.490. The van der Waals surface area contributed by atoms with Crippen LogP contribution in [0.1, 0.15) is 37.3 Å². The van der Waals surface area contributed by atoms with Crippen molar-refractivity contribution in [2.45, 2.75) is 45.2 Å². The molecular formula is C30H38N2O3. The van der Waals surface area contributed by atoms with Crippen molar-refractivity contribution in [2.24, 2.45) is 0 Å². The van der Waals surface area contributed by atoms with Crippen LogP contribution >= 0.6 is 0 Å². The van der Waals surface area contributed by atoms with E-state index in [1.165, 1.54) is 22.4 Å². The number of methoxy groups -OCH3 is 3. The van der Waals surface area contributed by atoms with Gasteiger partial charge in [-0.05, 0) is 84.9 Å². The number of piperidine rings is 1. The molecule has 1 saturated heterocycles. The fourth-order valence-corrected chi connectivity index (χ4v) is 5.05. The van der Waals surface area contributed by atoms with Gasteiger partial charge in [0.1, 0.15) is 5.75 Å². The molecule has 186 valence electrons. The first-order chi connectivity index (χ1) is 17.2. The van der Waals surface area contributed by atoms with Gasteiger partial charge in [-0.25, -0.2) is 0 Å². The van der Waals surface area contributed by atoms with E-state index in [9.17, 15) is 0 Å². The first-order valence-electron chi connectivity index (χ1n) is 12.6. The van der Waals surface area contributed by atoms with E-state index in [1.807, 2.05) is 6.07 Å². The van der Waals surface area contributed by atoms with Crippen LogP contribution in [0.4, 0.5) is 5.69 Å². The van der Waals surface area contributed by atoms with Crippen LogP contribution in [-0.2, 0) is 13.0 Å². The normalized spacial score (nSPS) is 13.9. The molecule has 0 spiro atoms. The Balaban J connectivity index is 1.68. The van der Waals surface area contributed by atoms with Crippen molar-refractivity contribution in [3.8, 4) is 28.4 Å². The van der Waals surface area contributed by atoms with E-state index in [-0.39, 0.29) is 0 Å². The van der Waals surface area contributed by atoms with Crippen molar-refractivity contribution < 1.29 is 14.2 Å². The lowest BCUT2D eigenvalue weighted by Crippen LogP contribution is -2.43. The van der Waals surface area contributed by atoms with Gasteiger partial charge in [0, 0.05) is 24.3 Å². The molecule has 35 heavy (non-hydrogen) atoms. The quantitative estimate of drug-likeness (QED) is 0.385. The molecule has 3 aromatic carbocycles. The van der Waals surface area contributed by atoms with E-state index in [4.69, 9.17) is 14.2 Å². The number of hydrogen-bond acceptors (Lipinski definition) is 5. The molecule has 0 saturated carbocycles. The van der Waals surface area contributed by atoms with Crippen molar-refractivity contribution in [3.63, 3.8) is 0 Å². The van der Waals surface area contributed by atoms with Gasteiger partial charge in [-0.2, -0.15) is 0 Å². The van der Waals surface area contributed by atoms with Gasteiger partial charge < -0.3 is 24.4 Å². The van der Waals surface area contributed by atoms with Crippen molar-refractivity contribution in [3.05, 3.63) is 71.8 Å². The number of hydrogen-bond donors (Lipinski definition) is 1. The van der Waals surface area contributed by atoms with E-state index in [1.54, 1.807) is 21.3 Å². The van der Waals surface area contributed by atoms with Crippen molar-refractivity contribution in [2.75, 3.05) is 39.3 Å². The molecule has 0 atom stereocenters. The molecule has 1 aliphatic heterocycles. The predicted molar refractivity (Wildman–Crippen MR) is 144 cm³/mol. The summed E-state index contributed by atoms with van der Waals surface area (Å²) < 4.78 is 16.9. The Hall–Kier alpha value is -3.18. The summed E-state index contributed by atoms with van der Waals surface area (Å²) >= 11 is 0. The van der Waals surface area contributed by atoms with Gasteiger partial charge in [0.05, 0.1) is 21.3 Å². The minimum atomic E-state index is 0.490. The maximum absolute atomic E-state index is 5.69. The third-order valence-electron chi connectivity index (χ3n) is 6.82. The lowest BCUT2D eigenvalue weighted by molar-refractivity contribution is 0.351. The number of nitrogens with zero attached hydrogens (tertiary/aromatic N) is 1. The van der Waals surface area contributed by atoms with Crippen LogP contribution in [0.5, 0.6) is 17.2 Å². The number of rotatable bonds is 10. The SMILES string of the molecule is CCCc1cc(-c2cccc(CN(c3cccc(OC)c3)C3CCNCC3)c2)cc(OC)c1OC. The average molecular weight is 475 g/mol. The Morgan fingerprint density at radius 2 is 1.66 bits per heavy atom. The molecule has 4 rings (SSSR count). The number of ether oxygens (including phenoxy) is 3. The lowest BCUT2D eigenvalue weighted by Gasteiger charge is -2.37. The van der Waals surface area contributed by atoms with Gasteiger partial charge >= 0.3 is 0 Å². The van der Waals surface area contributed by atoms with Gasteiger partial charge in [-0.15, -0.1) is 0 Å². The zero-order valence-electron chi connectivity index (χ0n) is 21.5. The maximum atomic E-state index is 5.69. The summed E-state index contributed by atoms with van der Waals surface area (Å²) in [5.41, 5.74) is 6.02. The average Bonchev–Trinajstić information content (AvgIpc) is 2.92. The second kappa shape index (κ2) is 12.0. The van der Waals surface area contributed by atoms with Gasteiger partial charge in [-0.1, -0.05) is 37.6 Å². The van der Waals surface area contributed by atoms with Gasteiger partial charge in [0.25, 0.3) is 0 Å². The summed E-state index contributed by atoms with van der Waals surface area (Å²) in [6, 6.07) is 22.1. The molecule has 5 heteroatoms. The van der Waals surface area contributed by atoms with Crippen molar-refractivity contribution in [1.82, 2.24) is 5.32 Å². The molecule has 3 aromatic rings. The highest BCUT2D eigenvalue weighted by Crippen LogP contribution is 2.37. The number of aryl methyl sites for hydroxylation is 1. The molecular weight excluding hydrogens is 436 g/mol. The summed E-state index contributed by atoms with van der Waals surface area (Å²) in [7, 11) is 5.15. The van der Waals surface area contributed by atoms with E-state index < -0.39 is 0 Å². The molecule has 5 nitrogen and oxygen atoms in total. The minimum Gasteiger partial charge on any atom is -0.497 e. The van der Waals surface area contributed by atoms with Crippen LogP contribution in [0.3, 0.4) is 0 Å². The molecule has 0 aromatic heterocycles. The van der Waals surface area contributed by atoms with Crippen LogP contribution in [0.15, 0.2) is 60.7 Å². The van der Waals surface area contributed by atoms with Crippen molar-refractivity contribution >= 4 is 5.69 Å². The molecule has 1 heterocycles. The fourth-order valence-electron chi connectivity index (χ4n) is 5.05. The van der Waals surface area contributed by atoms with Gasteiger partial charge in [0.15, 0.2) is 11.5 Å². The van der Waals surface area contributed by atoms with Crippen LogP contribution in [0.25, 0.3) is 11.1 Å². The molecule has 0 bridgehead atoms. The number of anilines is 1. The van der Waals surface area contributed by atoms with Crippen LogP contribution < -0.4 is 24.4 Å². The van der Waals surface area contributed by atoms with Crippen LogP contribution in [0.2, 0.25) is 0 Å². The number of benzene rings is 3. The molecule has 0 aliphatic carbocycles. The van der Waals surface area contributed by atoms with E-state index >= 15 is 0 Å². The first-order valence-corrected chi connectivity index (χ1v) is 12.6. The zero-order chi connectivity index (χ0) is 24.6. The van der Waals surface area contributed by atoms with Crippen molar-refractivity contribution in [1.29, 1.82) is 0 Å². The second-order valence-corrected chi connectivity index (χ2v) is 9.13. The van der Waals surface area contributed by atoms with Crippen LogP contribution in [0, 0.1) is 0 Å². The van der Waals surface area contributed by atoms with E-state index in [0.717, 1.165) is 68.1 Å². The molecule has 1 N–H and O–H groups in total. The van der Waals surface area contributed by atoms with Gasteiger partial charge in [-0.3, -0.25) is 0 Å². The molecule has 1 fully saturated rings. The third kappa shape index (κ3) is 5.91. The predicted octanol–water partition coefficient (Wildman–Crippen LogP) is 6.09. The topological polar surface area (TPSA) is 43.0 Å². The summed E-state index contributed by atoms with van der Waals surface area (Å²) in [5.74, 6) is 2.51. The summed E-state index contributed by atoms with van der Waals surface area (Å²) in [5, 5.41) is 3.50. The van der Waals surface area contributed by atoms with E-state index in [0.29, 0.717) is 6.04 Å². The molecule has 0 amide bonds. The Labute approximate surface area is 210 Å². The van der Waals surface area contributed by atoms with Gasteiger partial charge in [0.2, 0.25) is 0 Å². The molecule has 1 aliphatic rings. The summed E-state index contributed by atoms with van der Waals surface area (Å²) in [6.45, 7) is 5.14. The summed E-state index contributed by atoms with van der Waals surface area (Å²) in [4.78, 5) is 2.54. The van der Waals surface area contributed by atoms with E-state index in [2.05, 4.69) is 71.7 Å². The Bertz CT molecular complexity index is 1110. The molecule has 0 unspecified atom stereocenters. The standard InChI is InChI=1S/C30H38N2O3/c1-5-8-24-18-25(19-29(34-3)30(24)35-4)23-10-6-9-22(17-23)21-32(26-13-15-31-16-14-26)27-11-7-12-28(20-27)33-2/h6-7,9-12,17-20,26,31H,5,8,13-16,21H2,1-4H3.